The molecule has 21 heavy (non-hydrogen) atoms. The number of aliphatic hydroxyl groups is 1. The molecule has 1 fully saturated rings. The minimum absolute atomic E-state index is 0.0605. The molecular weight excluding hydrogens is 273 g/mol. The molecule has 1 aliphatic rings. The van der Waals surface area contributed by atoms with Crippen LogP contribution in [0, 0.1) is 5.82 Å². The van der Waals surface area contributed by atoms with E-state index in [1.165, 1.54) is 19.1 Å². The van der Waals surface area contributed by atoms with Gasteiger partial charge < -0.3 is 14.7 Å². The Balaban J connectivity index is 2.00. The molecule has 0 bridgehead atoms. The van der Waals surface area contributed by atoms with Crippen molar-refractivity contribution in [3.05, 3.63) is 29.6 Å². The second-order valence-corrected chi connectivity index (χ2v) is 5.51. The van der Waals surface area contributed by atoms with E-state index in [2.05, 4.69) is 0 Å². The molecule has 1 aromatic rings. The molecule has 0 aromatic heterocycles. The SMILES string of the molecule is CC(Oc1ccc([C@H](C)O)c(F)c1)C(=O)N1CCCCC1. The Morgan fingerprint density at radius 2 is 1.95 bits per heavy atom. The van der Waals surface area contributed by atoms with Gasteiger partial charge in [0.2, 0.25) is 0 Å². The highest BCUT2D eigenvalue weighted by Gasteiger charge is 2.23. The Kier molecular flexibility index (Phi) is 5.17. The zero-order valence-corrected chi connectivity index (χ0v) is 12.5. The largest absolute Gasteiger partial charge is 0.481 e. The highest BCUT2D eigenvalue weighted by molar-refractivity contribution is 5.81. The number of amides is 1. The molecule has 0 radical (unpaired) electrons. The zero-order valence-electron chi connectivity index (χ0n) is 12.5. The first kappa shape index (κ1) is 15.8. The van der Waals surface area contributed by atoms with E-state index in [4.69, 9.17) is 4.74 Å². The van der Waals surface area contributed by atoms with Gasteiger partial charge >= 0.3 is 0 Å². The summed E-state index contributed by atoms with van der Waals surface area (Å²) >= 11 is 0. The maximum atomic E-state index is 13.8. The van der Waals surface area contributed by atoms with Crippen LogP contribution in [0.1, 0.15) is 44.8 Å². The molecule has 1 aliphatic heterocycles. The number of nitrogens with zero attached hydrogens (tertiary/aromatic N) is 1. The molecule has 116 valence electrons. The van der Waals surface area contributed by atoms with E-state index in [0.717, 1.165) is 32.4 Å². The predicted octanol–water partition coefficient (Wildman–Crippen LogP) is 2.66. The fraction of sp³-hybridized carbons (Fsp3) is 0.562. The van der Waals surface area contributed by atoms with Gasteiger partial charge in [-0.2, -0.15) is 0 Å². The second kappa shape index (κ2) is 6.89. The quantitative estimate of drug-likeness (QED) is 0.929. The van der Waals surface area contributed by atoms with Crippen LogP contribution in [0.15, 0.2) is 18.2 Å². The molecular formula is C16H22FNO3. The van der Waals surface area contributed by atoms with Crippen LogP contribution in [0.4, 0.5) is 4.39 Å². The van der Waals surface area contributed by atoms with E-state index in [1.807, 2.05) is 0 Å². The molecule has 1 aromatic carbocycles. The van der Waals surface area contributed by atoms with Crippen molar-refractivity contribution in [3.63, 3.8) is 0 Å². The van der Waals surface area contributed by atoms with Gasteiger partial charge in [0, 0.05) is 24.7 Å². The Morgan fingerprint density at radius 3 is 2.52 bits per heavy atom. The zero-order chi connectivity index (χ0) is 15.4. The summed E-state index contributed by atoms with van der Waals surface area (Å²) in [4.78, 5) is 14.0. The van der Waals surface area contributed by atoms with E-state index in [1.54, 1.807) is 17.9 Å². The van der Waals surface area contributed by atoms with Crippen molar-refractivity contribution in [2.24, 2.45) is 0 Å². The number of carbonyl (C=O) groups excluding carboxylic acids is 1. The Bertz CT molecular complexity index is 498. The van der Waals surface area contributed by atoms with Crippen LogP contribution in [0.25, 0.3) is 0 Å². The average Bonchev–Trinajstić information content (AvgIpc) is 2.47. The van der Waals surface area contributed by atoms with Gasteiger partial charge in [-0.25, -0.2) is 4.39 Å². The minimum Gasteiger partial charge on any atom is -0.481 e. The minimum atomic E-state index is -0.869. The molecule has 4 nitrogen and oxygen atoms in total. The molecule has 1 N–H and O–H groups in total. The number of carbonyl (C=O) groups is 1. The van der Waals surface area contributed by atoms with Gasteiger partial charge in [-0.15, -0.1) is 0 Å². The summed E-state index contributed by atoms with van der Waals surface area (Å²) in [6.07, 6.45) is 1.70. The summed E-state index contributed by atoms with van der Waals surface area (Å²) < 4.78 is 19.3. The molecule has 1 heterocycles. The molecule has 0 spiro atoms. The lowest BCUT2D eigenvalue weighted by atomic mass is 10.1. The summed E-state index contributed by atoms with van der Waals surface area (Å²) in [6.45, 7) is 4.71. The standard InChI is InChI=1S/C16H22FNO3/c1-11(19)14-7-6-13(10-15(14)17)21-12(2)16(20)18-8-4-3-5-9-18/h6-7,10-12,19H,3-5,8-9H2,1-2H3/t11-,12?/m0/s1. The molecule has 1 unspecified atom stereocenters. The van der Waals surface area contributed by atoms with Crippen molar-refractivity contribution < 1.29 is 19.0 Å². The first-order valence-corrected chi connectivity index (χ1v) is 7.42. The molecule has 5 heteroatoms. The van der Waals surface area contributed by atoms with Gasteiger partial charge in [0.1, 0.15) is 11.6 Å². The molecule has 0 aliphatic carbocycles. The van der Waals surface area contributed by atoms with Gasteiger partial charge in [-0.3, -0.25) is 4.79 Å². The summed E-state index contributed by atoms with van der Waals surface area (Å²) in [5, 5.41) is 9.39. The molecule has 2 atom stereocenters. The van der Waals surface area contributed by atoms with E-state index in [9.17, 15) is 14.3 Å². The van der Waals surface area contributed by atoms with E-state index in [0.29, 0.717) is 5.75 Å². The second-order valence-electron chi connectivity index (χ2n) is 5.51. The van der Waals surface area contributed by atoms with Gasteiger partial charge in [0.05, 0.1) is 6.10 Å². The van der Waals surface area contributed by atoms with Crippen molar-refractivity contribution in [2.45, 2.75) is 45.3 Å². The molecule has 0 saturated carbocycles. The lowest BCUT2D eigenvalue weighted by Crippen LogP contribution is -2.43. The Hall–Kier alpha value is -1.62. The van der Waals surface area contributed by atoms with Crippen molar-refractivity contribution in [1.29, 1.82) is 0 Å². The fourth-order valence-corrected chi connectivity index (χ4v) is 2.55. The maximum Gasteiger partial charge on any atom is 0.263 e. The summed E-state index contributed by atoms with van der Waals surface area (Å²) in [6, 6.07) is 4.26. The summed E-state index contributed by atoms with van der Waals surface area (Å²) in [5.74, 6) is -0.287. The number of likely N-dealkylation sites (tertiary alicyclic amines) is 1. The number of rotatable bonds is 4. The van der Waals surface area contributed by atoms with E-state index < -0.39 is 18.0 Å². The van der Waals surface area contributed by atoms with Crippen molar-refractivity contribution in [3.8, 4) is 5.75 Å². The van der Waals surface area contributed by atoms with Crippen LogP contribution in [0.3, 0.4) is 0 Å². The van der Waals surface area contributed by atoms with Crippen molar-refractivity contribution >= 4 is 5.91 Å². The first-order chi connectivity index (χ1) is 9.99. The first-order valence-electron chi connectivity index (χ1n) is 7.42. The maximum absolute atomic E-state index is 13.8. The number of piperidine rings is 1. The van der Waals surface area contributed by atoms with Crippen LogP contribution < -0.4 is 4.74 Å². The fourth-order valence-electron chi connectivity index (χ4n) is 2.55. The van der Waals surface area contributed by atoms with Crippen LogP contribution >= 0.6 is 0 Å². The van der Waals surface area contributed by atoms with Gasteiger partial charge in [-0.05, 0) is 45.2 Å². The Morgan fingerprint density at radius 1 is 1.29 bits per heavy atom. The lowest BCUT2D eigenvalue weighted by Gasteiger charge is -2.29. The molecule has 2 rings (SSSR count). The number of halogens is 1. The van der Waals surface area contributed by atoms with Crippen LogP contribution in [-0.4, -0.2) is 35.1 Å². The monoisotopic (exact) mass is 295 g/mol. The number of ether oxygens (including phenoxy) is 1. The summed E-state index contributed by atoms with van der Waals surface area (Å²) in [5.41, 5.74) is 0.220. The van der Waals surface area contributed by atoms with E-state index in [-0.39, 0.29) is 11.5 Å². The third-order valence-electron chi connectivity index (χ3n) is 3.75. The highest BCUT2D eigenvalue weighted by atomic mass is 19.1. The topological polar surface area (TPSA) is 49.8 Å². The number of hydrogen-bond donors (Lipinski definition) is 1. The smallest absolute Gasteiger partial charge is 0.263 e. The lowest BCUT2D eigenvalue weighted by molar-refractivity contribution is -0.138. The van der Waals surface area contributed by atoms with Crippen LogP contribution in [-0.2, 0) is 4.79 Å². The molecule has 1 saturated heterocycles. The molecule has 1 amide bonds. The summed E-state index contributed by atoms with van der Waals surface area (Å²) in [7, 11) is 0. The van der Waals surface area contributed by atoms with Gasteiger partial charge in [-0.1, -0.05) is 0 Å². The Labute approximate surface area is 124 Å². The average molecular weight is 295 g/mol. The highest BCUT2D eigenvalue weighted by Crippen LogP contribution is 2.23. The number of aliphatic hydroxyl groups excluding tert-OH is 1. The predicted molar refractivity (Wildman–Crippen MR) is 77.6 cm³/mol. The third-order valence-corrected chi connectivity index (χ3v) is 3.75. The number of benzene rings is 1. The van der Waals surface area contributed by atoms with Crippen molar-refractivity contribution in [1.82, 2.24) is 4.90 Å². The van der Waals surface area contributed by atoms with Crippen LogP contribution in [0.5, 0.6) is 5.75 Å². The van der Waals surface area contributed by atoms with Gasteiger partial charge in [0.25, 0.3) is 5.91 Å². The van der Waals surface area contributed by atoms with Gasteiger partial charge in [0.15, 0.2) is 6.10 Å². The van der Waals surface area contributed by atoms with Crippen LogP contribution in [0.2, 0.25) is 0 Å². The van der Waals surface area contributed by atoms with Crippen molar-refractivity contribution in [2.75, 3.05) is 13.1 Å². The number of hydrogen-bond acceptors (Lipinski definition) is 3. The third kappa shape index (κ3) is 3.94. The normalized spacial score (nSPS) is 18.2. The van der Waals surface area contributed by atoms with E-state index >= 15 is 0 Å².